The minimum Gasteiger partial charge on any atom is -0.336 e. The monoisotopic (exact) mass is 384 g/mol. The second-order valence-electron chi connectivity index (χ2n) is 7.92. The molecule has 3 heteroatoms. The Labute approximate surface area is 173 Å². The molecule has 1 saturated heterocycles. The van der Waals surface area contributed by atoms with Gasteiger partial charge >= 0.3 is 0 Å². The van der Waals surface area contributed by atoms with Gasteiger partial charge in [-0.1, -0.05) is 77.9 Å². The highest BCUT2D eigenvalue weighted by Crippen LogP contribution is 2.30. The molecule has 1 heterocycles. The van der Waals surface area contributed by atoms with Crippen molar-refractivity contribution >= 4 is 5.91 Å². The Kier molecular flexibility index (Phi) is 5.77. The number of aryl methyl sites for hydroxylation is 2. The molecule has 1 atom stereocenters. The first-order valence-corrected chi connectivity index (χ1v) is 10.3. The Balaban J connectivity index is 1.52. The van der Waals surface area contributed by atoms with Crippen molar-refractivity contribution in [3.63, 3.8) is 0 Å². The van der Waals surface area contributed by atoms with Crippen LogP contribution in [0.15, 0.2) is 78.9 Å². The van der Waals surface area contributed by atoms with E-state index in [0.717, 1.165) is 37.3 Å². The number of rotatable bonds is 4. The average Bonchev–Trinajstić information content (AvgIpc) is 2.76. The second-order valence-corrected chi connectivity index (χ2v) is 7.92. The zero-order valence-electron chi connectivity index (χ0n) is 17.2. The fourth-order valence-electron chi connectivity index (χ4n) is 4.14. The van der Waals surface area contributed by atoms with Crippen LogP contribution in [0.25, 0.3) is 0 Å². The van der Waals surface area contributed by atoms with Crippen LogP contribution in [-0.2, 0) is 0 Å². The molecular formula is C26H28N2O. The van der Waals surface area contributed by atoms with Gasteiger partial charge < -0.3 is 4.90 Å². The van der Waals surface area contributed by atoms with E-state index in [2.05, 4.69) is 66.4 Å². The van der Waals surface area contributed by atoms with Crippen molar-refractivity contribution in [3.8, 4) is 0 Å². The summed E-state index contributed by atoms with van der Waals surface area (Å²) in [6, 6.07) is 27.6. The number of hydrogen-bond donors (Lipinski definition) is 0. The molecule has 3 nitrogen and oxygen atoms in total. The van der Waals surface area contributed by atoms with Gasteiger partial charge in [-0.2, -0.15) is 0 Å². The van der Waals surface area contributed by atoms with E-state index in [1.54, 1.807) is 0 Å². The normalized spacial score (nSPS) is 15.9. The minimum absolute atomic E-state index is 0.139. The first-order chi connectivity index (χ1) is 14.1. The van der Waals surface area contributed by atoms with E-state index in [1.807, 2.05) is 36.1 Å². The molecule has 3 aromatic rings. The Morgan fingerprint density at radius 2 is 1.38 bits per heavy atom. The fourth-order valence-corrected chi connectivity index (χ4v) is 4.14. The SMILES string of the molecule is Cc1ccc(C(c2ccccc2)N2CCN(C(=O)c3cccc(C)c3)CC2)cc1. The van der Waals surface area contributed by atoms with Gasteiger partial charge in [0, 0.05) is 31.7 Å². The summed E-state index contributed by atoms with van der Waals surface area (Å²) < 4.78 is 0. The first-order valence-electron chi connectivity index (χ1n) is 10.3. The summed E-state index contributed by atoms with van der Waals surface area (Å²) in [6.07, 6.45) is 0. The maximum absolute atomic E-state index is 12.9. The Bertz CT molecular complexity index is 958. The molecule has 0 bridgehead atoms. The van der Waals surface area contributed by atoms with Crippen LogP contribution in [0.5, 0.6) is 0 Å². The lowest BCUT2D eigenvalue weighted by Gasteiger charge is -2.40. The molecule has 3 aromatic carbocycles. The number of benzene rings is 3. The van der Waals surface area contributed by atoms with Crippen LogP contribution in [0.1, 0.15) is 38.7 Å². The summed E-state index contributed by atoms with van der Waals surface area (Å²) in [6.45, 7) is 7.39. The highest BCUT2D eigenvalue weighted by atomic mass is 16.2. The van der Waals surface area contributed by atoms with Crippen LogP contribution in [0.2, 0.25) is 0 Å². The van der Waals surface area contributed by atoms with E-state index < -0.39 is 0 Å². The number of nitrogens with zero attached hydrogens (tertiary/aromatic N) is 2. The van der Waals surface area contributed by atoms with Crippen molar-refractivity contribution in [2.24, 2.45) is 0 Å². The summed E-state index contributed by atoms with van der Waals surface area (Å²) in [5, 5.41) is 0. The molecule has 1 aliphatic heterocycles. The summed E-state index contributed by atoms with van der Waals surface area (Å²) >= 11 is 0. The lowest BCUT2D eigenvalue weighted by Crippen LogP contribution is -2.49. The van der Waals surface area contributed by atoms with E-state index in [0.29, 0.717) is 0 Å². The Morgan fingerprint density at radius 3 is 2.03 bits per heavy atom. The van der Waals surface area contributed by atoms with Gasteiger partial charge in [0.05, 0.1) is 6.04 Å². The third-order valence-electron chi connectivity index (χ3n) is 5.74. The molecule has 29 heavy (non-hydrogen) atoms. The van der Waals surface area contributed by atoms with E-state index in [4.69, 9.17) is 0 Å². The predicted molar refractivity (Wildman–Crippen MR) is 118 cm³/mol. The molecule has 0 aromatic heterocycles. The molecule has 4 rings (SSSR count). The van der Waals surface area contributed by atoms with Crippen LogP contribution in [0, 0.1) is 13.8 Å². The highest BCUT2D eigenvalue weighted by Gasteiger charge is 2.28. The average molecular weight is 385 g/mol. The van der Waals surface area contributed by atoms with E-state index in [9.17, 15) is 4.79 Å². The standard InChI is InChI=1S/C26H28N2O/c1-20-11-13-23(14-12-20)25(22-8-4-3-5-9-22)27-15-17-28(18-16-27)26(29)24-10-6-7-21(2)19-24/h3-14,19,25H,15-18H2,1-2H3. The van der Waals surface area contributed by atoms with Crippen molar-refractivity contribution < 1.29 is 4.79 Å². The quantitative estimate of drug-likeness (QED) is 0.642. The minimum atomic E-state index is 0.139. The second kappa shape index (κ2) is 8.62. The van der Waals surface area contributed by atoms with Gasteiger partial charge in [0.2, 0.25) is 0 Å². The molecule has 0 radical (unpaired) electrons. The molecule has 0 spiro atoms. The lowest BCUT2D eigenvalue weighted by atomic mass is 9.95. The van der Waals surface area contributed by atoms with Gasteiger partial charge in [0.1, 0.15) is 0 Å². The van der Waals surface area contributed by atoms with Gasteiger partial charge in [0.15, 0.2) is 0 Å². The summed E-state index contributed by atoms with van der Waals surface area (Å²) in [5.41, 5.74) is 5.79. The molecule has 1 fully saturated rings. The van der Waals surface area contributed by atoms with E-state index in [-0.39, 0.29) is 11.9 Å². The van der Waals surface area contributed by atoms with E-state index >= 15 is 0 Å². The molecule has 0 N–H and O–H groups in total. The van der Waals surface area contributed by atoms with Crippen LogP contribution in [-0.4, -0.2) is 41.9 Å². The van der Waals surface area contributed by atoms with Crippen LogP contribution in [0.3, 0.4) is 0 Å². The maximum atomic E-state index is 12.9. The Hall–Kier alpha value is -2.91. The first kappa shape index (κ1) is 19.4. The summed E-state index contributed by atoms with van der Waals surface area (Å²) in [7, 11) is 0. The van der Waals surface area contributed by atoms with Crippen molar-refractivity contribution in [3.05, 3.63) is 107 Å². The van der Waals surface area contributed by atoms with Crippen molar-refractivity contribution in [2.45, 2.75) is 19.9 Å². The molecular weight excluding hydrogens is 356 g/mol. The molecule has 1 aliphatic rings. The fraction of sp³-hybridized carbons (Fsp3) is 0.269. The lowest BCUT2D eigenvalue weighted by molar-refractivity contribution is 0.0597. The number of carbonyl (C=O) groups is 1. The number of amides is 1. The molecule has 0 aliphatic carbocycles. The number of piperazine rings is 1. The predicted octanol–water partition coefficient (Wildman–Crippen LogP) is 4.85. The Morgan fingerprint density at radius 1 is 0.724 bits per heavy atom. The zero-order chi connectivity index (χ0) is 20.2. The van der Waals surface area contributed by atoms with Crippen LogP contribution >= 0.6 is 0 Å². The third kappa shape index (κ3) is 4.41. The molecule has 148 valence electrons. The van der Waals surface area contributed by atoms with Crippen molar-refractivity contribution in [2.75, 3.05) is 26.2 Å². The summed E-state index contributed by atoms with van der Waals surface area (Å²) in [5.74, 6) is 0.139. The molecule has 1 amide bonds. The third-order valence-corrected chi connectivity index (χ3v) is 5.74. The molecule has 0 saturated carbocycles. The van der Waals surface area contributed by atoms with Crippen LogP contribution < -0.4 is 0 Å². The van der Waals surface area contributed by atoms with Gasteiger partial charge in [-0.25, -0.2) is 0 Å². The highest BCUT2D eigenvalue weighted by molar-refractivity contribution is 5.94. The van der Waals surface area contributed by atoms with Crippen molar-refractivity contribution in [1.82, 2.24) is 9.80 Å². The molecule has 1 unspecified atom stereocenters. The smallest absolute Gasteiger partial charge is 0.253 e. The zero-order valence-corrected chi connectivity index (χ0v) is 17.2. The van der Waals surface area contributed by atoms with Crippen molar-refractivity contribution in [1.29, 1.82) is 0 Å². The van der Waals surface area contributed by atoms with Gasteiger partial charge in [-0.15, -0.1) is 0 Å². The largest absolute Gasteiger partial charge is 0.336 e. The van der Waals surface area contributed by atoms with Crippen LogP contribution in [0.4, 0.5) is 0 Å². The van der Waals surface area contributed by atoms with E-state index in [1.165, 1.54) is 16.7 Å². The summed E-state index contributed by atoms with van der Waals surface area (Å²) in [4.78, 5) is 17.4. The van der Waals surface area contributed by atoms with Gasteiger partial charge in [0.25, 0.3) is 5.91 Å². The topological polar surface area (TPSA) is 23.6 Å². The maximum Gasteiger partial charge on any atom is 0.253 e. The number of hydrogen-bond acceptors (Lipinski definition) is 2. The number of carbonyl (C=O) groups excluding carboxylic acids is 1. The van der Waals surface area contributed by atoms with Gasteiger partial charge in [-0.05, 0) is 37.1 Å². The van der Waals surface area contributed by atoms with Gasteiger partial charge in [-0.3, -0.25) is 9.69 Å².